The Balaban J connectivity index is 1.36. The number of likely N-dealkylation sites (tertiary alicyclic amines) is 1. The highest BCUT2D eigenvalue weighted by Crippen LogP contribution is 2.45. The second-order valence-electron chi connectivity index (χ2n) is 9.18. The number of rotatable bonds is 7. The number of hydrogen-bond donors (Lipinski definition) is 2. The minimum absolute atomic E-state index is 0.0122. The van der Waals surface area contributed by atoms with Gasteiger partial charge in [0.25, 0.3) is 0 Å². The minimum Gasteiger partial charge on any atom is -0.377 e. The molecule has 0 amide bonds. The highest BCUT2D eigenvalue weighted by molar-refractivity contribution is 7.89. The number of ether oxygens (including phenoxy) is 1. The van der Waals surface area contributed by atoms with Gasteiger partial charge in [-0.25, -0.2) is 18.1 Å². The molecule has 31 heavy (non-hydrogen) atoms. The second-order valence-corrected chi connectivity index (χ2v) is 10.9. The molecule has 2 N–H and O–H groups in total. The van der Waals surface area contributed by atoms with Crippen molar-refractivity contribution in [1.29, 1.82) is 0 Å². The van der Waals surface area contributed by atoms with E-state index >= 15 is 0 Å². The van der Waals surface area contributed by atoms with Gasteiger partial charge in [-0.15, -0.1) is 0 Å². The van der Waals surface area contributed by atoms with Crippen molar-refractivity contribution < 1.29 is 13.2 Å². The average molecular weight is 449 g/mol. The van der Waals surface area contributed by atoms with E-state index in [1.54, 1.807) is 12.1 Å². The third-order valence-corrected chi connectivity index (χ3v) is 8.35. The Hall–Kier alpha value is -1.64. The van der Waals surface area contributed by atoms with Crippen molar-refractivity contribution in [3.05, 3.63) is 29.8 Å². The fraction of sp³-hybridized carbons (Fsp3) is 0.696. The molecule has 1 aromatic carbocycles. The highest BCUT2D eigenvalue weighted by atomic mass is 32.2. The zero-order chi connectivity index (χ0) is 21.7. The average Bonchev–Trinajstić information content (AvgIpc) is 3.54. The summed E-state index contributed by atoms with van der Waals surface area (Å²) in [6.45, 7) is 6.70. The molecule has 0 aromatic heterocycles. The molecule has 3 fully saturated rings. The van der Waals surface area contributed by atoms with E-state index in [1.807, 2.05) is 12.1 Å². The maximum absolute atomic E-state index is 12.5. The van der Waals surface area contributed by atoms with Gasteiger partial charge in [-0.3, -0.25) is 0 Å². The van der Waals surface area contributed by atoms with E-state index in [2.05, 4.69) is 21.9 Å². The molecule has 1 aliphatic carbocycles. The molecule has 8 heteroatoms. The molecule has 2 heterocycles. The van der Waals surface area contributed by atoms with Crippen LogP contribution in [0, 0.1) is 5.41 Å². The molecule has 4 rings (SSSR count). The first-order chi connectivity index (χ1) is 15.0. The van der Waals surface area contributed by atoms with Gasteiger partial charge in [0.2, 0.25) is 10.0 Å². The van der Waals surface area contributed by atoms with Crippen molar-refractivity contribution in [2.75, 3.05) is 32.8 Å². The van der Waals surface area contributed by atoms with Crippen molar-refractivity contribution in [3.63, 3.8) is 0 Å². The Morgan fingerprint density at radius 2 is 1.97 bits per heavy atom. The van der Waals surface area contributed by atoms with Crippen LogP contribution in [0.1, 0.15) is 57.4 Å². The zero-order valence-electron chi connectivity index (χ0n) is 18.6. The third-order valence-electron chi connectivity index (χ3n) is 6.91. The van der Waals surface area contributed by atoms with Gasteiger partial charge in [-0.2, -0.15) is 0 Å². The van der Waals surface area contributed by atoms with Crippen molar-refractivity contribution in [3.8, 4) is 0 Å². The molecular weight excluding hydrogens is 412 g/mol. The van der Waals surface area contributed by atoms with Crippen molar-refractivity contribution >= 4 is 16.0 Å². The maximum atomic E-state index is 12.5. The summed E-state index contributed by atoms with van der Waals surface area (Å²) < 4.78 is 33.2. The van der Waals surface area contributed by atoms with E-state index in [0.717, 1.165) is 50.6 Å². The maximum Gasteiger partial charge on any atom is 0.240 e. The van der Waals surface area contributed by atoms with E-state index in [1.165, 1.54) is 32.1 Å². The van der Waals surface area contributed by atoms with Crippen molar-refractivity contribution in [1.82, 2.24) is 14.9 Å². The van der Waals surface area contributed by atoms with Gasteiger partial charge < -0.3 is 15.0 Å². The number of sulfonamides is 1. The molecule has 172 valence electrons. The third kappa shape index (κ3) is 5.59. The van der Waals surface area contributed by atoms with Crippen LogP contribution in [0.5, 0.6) is 0 Å². The Morgan fingerprint density at radius 3 is 2.65 bits per heavy atom. The molecule has 1 spiro atoms. The zero-order valence-corrected chi connectivity index (χ0v) is 19.4. The van der Waals surface area contributed by atoms with Crippen LogP contribution in [-0.4, -0.2) is 58.2 Å². The molecule has 1 atom stereocenters. The van der Waals surface area contributed by atoms with Crippen LogP contribution in [-0.2, 0) is 21.3 Å². The number of guanidine groups is 1. The van der Waals surface area contributed by atoms with Crippen LogP contribution in [0.2, 0.25) is 0 Å². The molecule has 0 bridgehead atoms. The topological polar surface area (TPSA) is 83.0 Å². The first kappa shape index (κ1) is 22.6. The lowest BCUT2D eigenvalue weighted by Gasteiger charge is -2.26. The Labute approximate surface area is 186 Å². The fourth-order valence-corrected chi connectivity index (χ4v) is 6.17. The summed E-state index contributed by atoms with van der Waals surface area (Å²) in [7, 11) is -3.52. The smallest absolute Gasteiger partial charge is 0.240 e. The lowest BCUT2D eigenvalue weighted by molar-refractivity contribution is 0.114. The van der Waals surface area contributed by atoms with Gasteiger partial charge in [0.05, 0.1) is 17.5 Å². The molecule has 2 aliphatic heterocycles. The molecule has 1 saturated carbocycles. The predicted molar refractivity (Wildman–Crippen MR) is 123 cm³/mol. The SMILES string of the molecule is CCNC(=NCc1ccc(S(=O)(=O)NCC2CCCO2)cc1)N1CCC2(CCCC2)C1. The minimum atomic E-state index is -3.52. The summed E-state index contributed by atoms with van der Waals surface area (Å²) in [5.41, 5.74) is 1.51. The van der Waals surface area contributed by atoms with Crippen molar-refractivity contribution in [2.24, 2.45) is 10.4 Å². The highest BCUT2D eigenvalue weighted by Gasteiger charge is 2.41. The molecule has 2 saturated heterocycles. The first-order valence-electron chi connectivity index (χ1n) is 11.7. The number of benzene rings is 1. The van der Waals surface area contributed by atoms with E-state index < -0.39 is 10.0 Å². The van der Waals surface area contributed by atoms with Gasteiger partial charge in [-0.1, -0.05) is 25.0 Å². The molecule has 1 aromatic rings. The van der Waals surface area contributed by atoms with E-state index in [-0.39, 0.29) is 11.0 Å². The molecule has 1 unspecified atom stereocenters. The van der Waals surface area contributed by atoms with E-state index in [0.29, 0.717) is 18.5 Å². The Kier molecular flexibility index (Phi) is 7.19. The van der Waals surface area contributed by atoms with Crippen LogP contribution in [0.25, 0.3) is 0 Å². The Bertz CT molecular complexity index is 857. The molecule has 0 radical (unpaired) electrons. The first-order valence-corrected chi connectivity index (χ1v) is 13.2. The molecular formula is C23H36N4O3S. The van der Waals surface area contributed by atoms with Gasteiger partial charge in [0.1, 0.15) is 0 Å². The monoisotopic (exact) mass is 448 g/mol. The van der Waals surface area contributed by atoms with Crippen LogP contribution >= 0.6 is 0 Å². The van der Waals surface area contributed by atoms with Crippen LogP contribution in [0.4, 0.5) is 0 Å². The van der Waals surface area contributed by atoms with Gasteiger partial charge >= 0.3 is 0 Å². The van der Waals surface area contributed by atoms with Gasteiger partial charge in [-0.05, 0) is 62.1 Å². The fourth-order valence-electron chi connectivity index (χ4n) is 5.11. The predicted octanol–water partition coefficient (Wildman–Crippen LogP) is 2.88. The number of nitrogens with one attached hydrogen (secondary N) is 2. The second kappa shape index (κ2) is 9.88. The summed E-state index contributed by atoms with van der Waals surface area (Å²) >= 11 is 0. The van der Waals surface area contributed by atoms with Crippen LogP contribution < -0.4 is 10.0 Å². The van der Waals surface area contributed by atoms with Gasteiger partial charge in [0.15, 0.2) is 5.96 Å². The standard InChI is InChI=1S/C23H36N4O3S/c1-2-24-22(27-14-13-23(18-27)11-3-4-12-23)25-16-19-7-9-21(10-8-19)31(28,29)26-17-20-6-5-15-30-20/h7-10,20,26H,2-6,11-18H2,1H3,(H,24,25). The summed E-state index contributed by atoms with van der Waals surface area (Å²) in [6.07, 6.45) is 8.57. The lowest BCUT2D eigenvalue weighted by Crippen LogP contribution is -2.41. The number of aliphatic imine (C=N–C) groups is 1. The Morgan fingerprint density at radius 1 is 1.19 bits per heavy atom. The lowest BCUT2D eigenvalue weighted by atomic mass is 9.86. The van der Waals surface area contributed by atoms with Gasteiger partial charge in [0, 0.05) is 32.8 Å². The quantitative estimate of drug-likeness (QED) is 0.495. The van der Waals surface area contributed by atoms with E-state index in [9.17, 15) is 8.42 Å². The normalized spacial score (nSPS) is 23.7. The van der Waals surface area contributed by atoms with Crippen molar-refractivity contribution in [2.45, 2.75) is 69.4 Å². The molecule has 7 nitrogen and oxygen atoms in total. The van der Waals surface area contributed by atoms with Crippen LogP contribution in [0.15, 0.2) is 34.2 Å². The molecule has 3 aliphatic rings. The van der Waals surface area contributed by atoms with Crippen LogP contribution in [0.3, 0.4) is 0 Å². The summed E-state index contributed by atoms with van der Waals surface area (Å²) in [4.78, 5) is 7.54. The van der Waals surface area contributed by atoms with E-state index in [4.69, 9.17) is 9.73 Å². The number of hydrogen-bond acceptors (Lipinski definition) is 4. The summed E-state index contributed by atoms with van der Waals surface area (Å²) in [6, 6.07) is 7.05. The largest absolute Gasteiger partial charge is 0.377 e. The summed E-state index contributed by atoms with van der Waals surface area (Å²) in [5, 5.41) is 3.44. The number of nitrogens with zero attached hydrogens (tertiary/aromatic N) is 2. The summed E-state index contributed by atoms with van der Waals surface area (Å²) in [5.74, 6) is 0.973.